The molecule has 0 radical (unpaired) electrons. The van der Waals surface area contributed by atoms with Crippen LogP contribution in [0, 0.1) is 5.92 Å². The number of rotatable bonds is 10. The molecule has 0 bridgehead atoms. The normalized spacial score (nSPS) is 12.9. The number of nitrogens with one attached hydrogen (secondary N) is 1. The highest BCUT2D eigenvalue weighted by Crippen LogP contribution is 1.98. The molecule has 0 aliphatic carbocycles. The van der Waals surface area contributed by atoms with Crippen LogP contribution in [0.2, 0.25) is 0 Å². The molecule has 0 aromatic heterocycles. The second-order valence-electron chi connectivity index (χ2n) is 4.50. The van der Waals surface area contributed by atoms with Crippen molar-refractivity contribution >= 4 is 21.9 Å². The number of hydrogen-bond acceptors (Lipinski definition) is 5. The van der Waals surface area contributed by atoms with E-state index in [1.165, 1.54) is 26.0 Å². The lowest BCUT2D eigenvalue weighted by Gasteiger charge is -2.19. The van der Waals surface area contributed by atoms with E-state index < -0.39 is 27.8 Å². The average Bonchev–Trinajstić information content (AvgIpc) is 2.35. The van der Waals surface area contributed by atoms with Gasteiger partial charge in [0.2, 0.25) is 15.9 Å². The first-order valence-corrected chi connectivity index (χ1v) is 7.78. The number of hydrogen-bond donors (Lipinski definition) is 2. The van der Waals surface area contributed by atoms with Crippen LogP contribution in [0.5, 0.6) is 0 Å². The zero-order valence-corrected chi connectivity index (χ0v) is 12.8. The standard InChI is InChI=1S/C11H22N2O6S/c1-9(11(15)16)8-13(2)10(14)7-12-20(17,18)6-4-5-19-3/h9,12H,4-8H2,1-3H3,(H,15,16). The van der Waals surface area contributed by atoms with Crippen LogP contribution in [0.4, 0.5) is 0 Å². The summed E-state index contributed by atoms with van der Waals surface area (Å²) in [5.41, 5.74) is 0. The summed E-state index contributed by atoms with van der Waals surface area (Å²) in [6.45, 7) is 1.45. The van der Waals surface area contributed by atoms with E-state index in [1.807, 2.05) is 0 Å². The fraction of sp³-hybridized carbons (Fsp3) is 0.818. The maximum Gasteiger partial charge on any atom is 0.308 e. The quantitative estimate of drug-likeness (QED) is 0.507. The lowest BCUT2D eigenvalue weighted by atomic mass is 10.2. The number of carbonyl (C=O) groups is 2. The summed E-state index contributed by atoms with van der Waals surface area (Å²) in [6.07, 6.45) is 0.339. The van der Waals surface area contributed by atoms with Gasteiger partial charge in [-0.3, -0.25) is 9.59 Å². The summed E-state index contributed by atoms with van der Waals surface area (Å²) >= 11 is 0. The molecule has 8 nitrogen and oxygen atoms in total. The van der Waals surface area contributed by atoms with Crippen LogP contribution in [-0.2, 0) is 24.3 Å². The third-order valence-electron chi connectivity index (χ3n) is 2.60. The predicted octanol–water partition coefficient (Wildman–Crippen LogP) is -0.879. The molecule has 0 aromatic rings. The fourth-order valence-electron chi connectivity index (χ4n) is 1.36. The van der Waals surface area contributed by atoms with Crippen molar-refractivity contribution in [2.45, 2.75) is 13.3 Å². The third kappa shape index (κ3) is 8.08. The molecule has 9 heteroatoms. The Balaban J connectivity index is 4.17. The SMILES string of the molecule is COCCCS(=O)(=O)NCC(=O)N(C)CC(C)C(=O)O. The Hall–Kier alpha value is -1.19. The summed E-state index contributed by atoms with van der Waals surface area (Å²) < 4.78 is 30.0. The van der Waals surface area contributed by atoms with Crippen LogP contribution >= 0.6 is 0 Å². The maximum absolute atomic E-state index is 11.7. The first-order chi connectivity index (χ1) is 9.19. The van der Waals surface area contributed by atoms with E-state index in [2.05, 4.69) is 4.72 Å². The highest BCUT2D eigenvalue weighted by Gasteiger charge is 2.19. The molecule has 0 heterocycles. The van der Waals surface area contributed by atoms with E-state index in [4.69, 9.17) is 9.84 Å². The number of sulfonamides is 1. The Bertz CT molecular complexity index is 423. The summed E-state index contributed by atoms with van der Waals surface area (Å²) in [5.74, 6) is -2.32. The highest BCUT2D eigenvalue weighted by atomic mass is 32.2. The molecular formula is C11H22N2O6S. The molecule has 1 atom stereocenters. The minimum absolute atomic E-state index is 0.0274. The summed E-state index contributed by atoms with van der Waals surface area (Å²) in [6, 6.07) is 0. The number of methoxy groups -OCH3 is 1. The van der Waals surface area contributed by atoms with Crippen molar-refractivity contribution in [2.24, 2.45) is 5.92 Å². The second-order valence-corrected chi connectivity index (χ2v) is 6.43. The Labute approximate surface area is 119 Å². The highest BCUT2D eigenvalue weighted by molar-refractivity contribution is 7.89. The van der Waals surface area contributed by atoms with Gasteiger partial charge in [0.05, 0.1) is 18.2 Å². The van der Waals surface area contributed by atoms with Crippen molar-refractivity contribution in [3.63, 3.8) is 0 Å². The summed E-state index contributed by atoms with van der Waals surface area (Å²) in [4.78, 5) is 23.5. The van der Waals surface area contributed by atoms with Crippen molar-refractivity contribution in [3.05, 3.63) is 0 Å². The molecule has 0 saturated carbocycles. The largest absolute Gasteiger partial charge is 0.481 e. The van der Waals surface area contributed by atoms with Gasteiger partial charge < -0.3 is 14.7 Å². The Morgan fingerprint density at radius 2 is 2.00 bits per heavy atom. The van der Waals surface area contributed by atoms with Gasteiger partial charge in [-0.2, -0.15) is 0 Å². The van der Waals surface area contributed by atoms with Gasteiger partial charge in [-0.05, 0) is 6.42 Å². The van der Waals surface area contributed by atoms with Crippen LogP contribution in [0.15, 0.2) is 0 Å². The van der Waals surface area contributed by atoms with Crippen molar-refractivity contribution in [3.8, 4) is 0 Å². The molecule has 0 aliphatic heterocycles. The predicted molar refractivity (Wildman–Crippen MR) is 72.7 cm³/mol. The van der Waals surface area contributed by atoms with E-state index in [0.29, 0.717) is 13.0 Å². The Morgan fingerprint density at radius 1 is 1.40 bits per heavy atom. The first-order valence-electron chi connectivity index (χ1n) is 6.12. The number of ether oxygens (including phenoxy) is 1. The monoisotopic (exact) mass is 310 g/mol. The van der Waals surface area contributed by atoms with Gasteiger partial charge in [-0.25, -0.2) is 13.1 Å². The zero-order valence-electron chi connectivity index (χ0n) is 12.0. The number of likely N-dealkylation sites (N-methyl/N-ethyl adjacent to an activating group) is 1. The Morgan fingerprint density at radius 3 is 2.50 bits per heavy atom. The minimum Gasteiger partial charge on any atom is -0.481 e. The van der Waals surface area contributed by atoms with Crippen LogP contribution in [-0.4, -0.2) is 69.9 Å². The number of nitrogens with zero attached hydrogens (tertiary/aromatic N) is 1. The van der Waals surface area contributed by atoms with Crippen LogP contribution < -0.4 is 4.72 Å². The van der Waals surface area contributed by atoms with Crippen molar-refractivity contribution in [1.29, 1.82) is 0 Å². The maximum atomic E-state index is 11.7. The first kappa shape index (κ1) is 18.8. The molecule has 1 amide bonds. The molecule has 0 saturated heterocycles. The molecule has 0 aliphatic rings. The molecule has 1 unspecified atom stereocenters. The van der Waals surface area contributed by atoms with Gasteiger partial charge >= 0.3 is 5.97 Å². The summed E-state index contributed by atoms with van der Waals surface area (Å²) in [5, 5.41) is 8.73. The van der Waals surface area contributed by atoms with E-state index in [0.717, 1.165) is 0 Å². The summed E-state index contributed by atoms with van der Waals surface area (Å²) in [7, 11) is -0.615. The van der Waals surface area contributed by atoms with Gasteiger partial charge in [0.15, 0.2) is 0 Å². The molecule has 20 heavy (non-hydrogen) atoms. The lowest BCUT2D eigenvalue weighted by molar-refractivity contribution is -0.142. The molecule has 0 fully saturated rings. The molecule has 0 aromatic carbocycles. The van der Waals surface area contributed by atoms with Crippen molar-refractivity contribution in [2.75, 3.05) is 39.6 Å². The van der Waals surface area contributed by atoms with Crippen LogP contribution in [0.3, 0.4) is 0 Å². The molecule has 0 spiro atoms. The number of carbonyl (C=O) groups excluding carboxylic acids is 1. The molecule has 0 rings (SSSR count). The van der Waals surface area contributed by atoms with Crippen LogP contribution in [0.1, 0.15) is 13.3 Å². The zero-order chi connectivity index (χ0) is 15.8. The average molecular weight is 310 g/mol. The van der Waals surface area contributed by atoms with Gasteiger partial charge in [0.1, 0.15) is 0 Å². The minimum atomic E-state index is -3.52. The smallest absolute Gasteiger partial charge is 0.308 e. The van der Waals surface area contributed by atoms with Gasteiger partial charge in [0, 0.05) is 27.3 Å². The van der Waals surface area contributed by atoms with Crippen LogP contribution in [0.25, 0.3) is 0 Å². The fourth-order valence-corrected chi connectivity index (χ4v) is 2.35. The number of amides is 1. The van der Waals surface area contributed by atoms with Crippen molar-refractivity contribution < 1.29 is 27.9 Å². The van der Waals surface area contributed by atoms with Gasteiger partial charge in [-0.1, -0.05) is 6.92 Å². The number of carboxylic acid groups (broad SMARTS) is 1. The van der Waals surface area contributed by atoms with E-state index in [-0.39, 0.29) is 18.8 Å². The van der Waals surface area contributed by atoms with E-state index >= 15 is 0 Å². The second kappa shape index (κ2) is 8.88. The number of carboxylic acids is 1. The van der Waals surface area contributed by atoms with Gasteiger partial charge in [0.25, 0.3) is 0 Å². The van der Waals surface area contributed by atoms with Crippen molar-refractivity contribution in [1.82, 2.24) is 9.62 Å². The molecular weight excluding hydrogens is 288 g/mol. The number of aliphatic carboxylic acids is 1. The Kier molecular flexibility index (Phi) is 8.35. The van der Waals surface area contributed by atoms with E-state index in [9.17, 15) is 18.0 Å². The topological polar surface area (TPSA) is 113 Å². The molecule has 118 valence electrons. The van der Waals surface area contributed by atoms with Gasteiger partial charge in [-0.15, -0.1) is 0 Å². The third-order valence-corrected chi connectivity index (χ3v) is 4.01. The lowest BCUT2D eigenvalue weighted by Crippen LogP contribution is -2.41. The molecule has 2 N–H and O–H groups in total. The van der Waals surface area contributed by atoms with E-state index in [1.54, 1.807) is 0 Å².